The van der Waals surface area contributed by atoms with Gasteiger partial charge in [0.15, 0.2) is 5.97 Å². The Labute approximate surface area is 78.8 Å². The van der Waals surface area contributed by atoms with Gasteiger partial charge >= 0.3 is 5.89 Å². The van der Waals surface area contributed by atoms with Gasteiger partial charge in [-0.2, -0.15) is 4.57 Å². The van der Waals surface area contributed by atoms with Crippen molar-refractivity contribution in [2.75, 3.05) is 0 Å². The number of aromatic nitrogens is 1. The summed E-state index contributed by atoms with van der Waals surface area (Å²) in [5.74, 6) is -1.60. The molecule has 0 aliphatic rings. The van der Waals surface area contributed by atoms with Gasteiger partial charge < -0.3 is 19.4 Å². The highest BCUT2D eigenvalue weighted by atomic mass is 16.4. The Morgan fingerprint density at radius 3 is 2.93 bits per heavy atom. The van der Waals surface area contributed by atoms with Crippen LogP contribution in [0.25, 0.3) is 11.1 Å². The Balaban J connectivity index is 2.80. The van der Waals surface area contributed by atoms with Gasteiger partial charge in [0.2, 0.25) is 5.58 Å². The normalized spacial score (nSPS) is 10.6. The summed E-state index contributed by atoms with van der Waals surface area (Å²) in [6.07, 6.45) is 0. The molecular weight excluding hydrogens is 186 g/mol. The first-order chi connectivity index (χ1) is 6.59. The molecule has 5 heteroatoms. The molecule has 1 N–H and O–H groups in total. The number of carbonyl (C=O) groups is 1. The summed E-state index contributed by atoms with van der Waals surface area (Å²) < 4.78 is 6.31. The molecule has 0 amide bonds. The predicted molar refractivity (Wildman–Crippen MR) is 43.4 cm³/mol. The molecule has 0 radical (unpaired) electrons. The van der Waals surface area contributed by atoms with E-state index in [0.29, 0.717) is 11.1 Å². The molecule has 2 aromatic rings. The molecule has 0 unspecified atom stereocenters. The summed E-state index contributed by atoms with van der Waals surface area (Å²) in [6.45, 7) is 0. The fourth-order valence-corrected chi connectivity index (χ4v) is 1.31. The number of phenols is 1. The Bertz CT molecular complexity index is 515. The second-order valence-corrected chi connectivity index (χ2v) is 2.91. The van der Waals surface area contributed by atoms with Crippen molar-refractivity contribution in [3.63, 3.8) is 0 Å². The second kappa shape index (κ2) is 2.73. The highest BCUT2D eigenvalue weighted by molar-refractivity contribution is 5.82. The number of carboxylic acid groups (broad SMARTS) is 1. The van der Waals surface area contributed by atoms with Gasteiger partial charge in [-0.15, -0.1) is 0 Å². The van der Waals surface area contributed by atoms with E-state index in [9.17, 15) is 15.0 Å². The lowest BCUT2D eigenvalue weighted by molar-refractivity contribution is -0.655. The SMILES string of the molecule is C[n+]1c(C(=O)[O-])oc2ccc(O)cc21. The molecule has 1 heterocycles. The van der Waals surface area contributed by atoms with Crippen molar-refractivity contribution in [1.82, 2.24) is 0 Å². The molecule has 0 aliphatic heterocycles. The number of hydrogen-bond donors (Lipinski definition) is 1. The molecule has 0 saturated carbocycles. The molecule has 14 heavy (non-hydrogen) atoms. The van der Waals surface area contributed by atoms with Crippen molar-refractivity contribution in [1.29, 1.82) is 0 Å². The Kier molecular flexibility index (Phi) is 1.67. The van der Waals surface area contributed by atoms with Crippen LogP contribution >= 0.6 is 0 Å². The van der Waals surface area contributed by atoms with E-state index in [1.54, 1.807) is 0 Å². The quantitative estimate of drug-likeness (QED) is 0.609. The van der Waals surface area contributed by atoms with Crippen molar-refractivity contribution in [2.45, 2.75) is 0 Å². The van der Waals surface area contributed by atoms with Crippen LogP contribution in [-0.2, 0) is 7.05 Å². The summed E-state index contributed by atoms with van der Waals surface area (Å²) in [4.78, 5) is 10.6. The molecule has 1 aromatic heterocycles. The molecule has 5 nitrogen and oxygen atoms in total. The van der Waals surface area contributed by atoms with Crippen molar-refractivity contribution in [2.24, 2.45) is 7.05 Å². The first-order valence-corrected chi connectivity index (χ1v) is 3.92. The molecule has 0 atom stereocenters. The number of aromatic hydroxyl groups is 1. The van der Waals surface area contributed by atoms with Crippen molar-refractivity contribution in [3.05, 3.63) is 24.1 Å². The van der Waals surface area contributed by atoms with E-state index in [1.807, 2.05) is 0 Å². The average Bonchev–Trinajstić information content (AvgIpc) is 2.44. The molecule has 0 aliphatic carbocycles. The number of phenolic OH excluding ortho intramolecular Hbond substituents is 1. The second-order valence-electron chi connectivity index (χ2n) is 2.91. The highest BCUT2D eigenvalue weighted by Crippen LogP contribution is 2.18. The van der Waals surface area contributed by atoms with E-state index >= 15 is 0 Å². The van der Waals surface area contributed by atoms with Gasteiger partial charge in [0.05, 0.1) is 6.07 Å². The summed E-state index contributed by atoms with van der Waals surface area (Å²) in [5, 5.41) is 19.8. The van der Waals surface area contributed by atoms with Crippen LogP contribution in [0.3, 0.4) is 0 Å². The average molecular weight is 193 g/mol. The Morgan fingerprint density at radius 2 is 2.29 bits per heavy atom. The highest BCUT2D eigenvalue weighted by Gasteiger charge is 2.19. The Hall–Kier alpha value is -2.04. The zero-order valence-corrected chi connectivity index (χ0v) is 7.35. The number of fused-ring (bicyclic) bond motifs is 1. The molecule has 1 aromatic carbocycles. The van der Waals surface area contributed by atoms with Gasteiger partial charge in [-0.3, -0.25) is 0 Å². The van der Waals surface area contributed by atoms with Gasteiger partial charge in [0.1, 0.15) is 12.8 Å². The Morgan fingerprint density at radius 1 is 1.57 bits per heavy atom. The van der Waals surface area contributed by atoms with Gasteiger partial charge in [-0.05, 0) is 12.1 Å². The molecule has 0 saturated heterocycles. The van der Waals surface area contributed by atoms with E-state index < -0.39 is 5.97 Å². The maximum Gasteiger partial charge on any atom is 0.397 e. The monoisotopic (exact) mass is 193 g/mol. The summed E-state index contributed by atoms with van der Waals surface area (Å²) >= 11 is 0. The predicted octanol–water partition coefficient (Wildman–Crippen LogP) is -0.674. The molecule has 0 bridgehead atoms. The zero-order chi connectivity index (χ0) is 10.3. The minimum absolute atomic E-state index is 0.0544. The summed E-state index contributed by atoms with van der Waals surface area (Å²) in [6, 6.07) is 4.34. The van der Waals surface area contributed by atoms with E-state index in [0.717, 1.165) is 0 Å². The number of oxazole rings is 1. The van der Waals surface area contributed by atoms with Gasteiger partial charge in [-0.25, -0.2) is 0 Å². The van der Waals surface area contributed by atoms with E-state index in [4.69, 9.17) is 4.42 Å². The number of hydrogen-bond acceptors (Lipinski definition) is 4. The number of carbonyl (C=O) groups excluding carboxylic acids is 1. The fraction of sp³-hybridized carbons (Fsp3) is 0.111. The lowest BCUT2D eigenvalue weighted by Crippen LogP contribution is -2.39. The van der Waals surface area contributed by atoms with Crippen LogP contribution in [-0.4, -0.2) is 11.1 Å². The van der Waals surface area contributed by atoms with Crippen LogP contribution in [0, 0.1) is 0 Å². The van der Waals surface area contributed by atoms with Crippen molar-refractivity contribution < 1.29 is 24.0 Å². The summed E-state index contributed by atoms with van der Waals surface area (Å²) in [7, 11) is 1.52. The van der Waals surface area contributed by atoms with E-state index in [1.165, 1.54) is 29.8 Å². The zero-order valence-electron chi connectivity index (χ0n) is 7.35. The fourth-order valence-electron chi connectivity index (χ4n) is 1.31. The molecule has 72 valence electrons. The van der Waals surface area contributed by atoms with Crippen LogP contribution < -0.4 is 9.67 Å². The number of rotatable bonds is 1. The third-order valence-corrected chi connectivity index (χ3v) is 1.99. The number of nitrogens with zero attached hydrogens (tertiary/aromatic N) is 1. The minimum Gasteiger partial charge on any atom is -0.537 e. The van der Waals surface area contributed by atoms with E-state index in [-0.39, 0.29) is 11.6 Å². The topological polar surface area (TPSA) is 77.4 Å². The van der Waals surface area contributed by atoms with Gasteiger partial charge in [0.25, 0.3) is 5.52 Å². The third kappa shape index (κ3) is 1.10. The number of carboxylic acids is 1. The van der Waals surface area contributed by atoms with Crippen LogP contribution in [0.2, 0.25) is 0 Å². The lowest BCUT2D eigenvalue weighted by atomic mass is 10.3. The molecule has 0 fully saturated rings. The van der Waals surface area contributed by atoms with Crippen molar-refractivity contribution in [3.8, 4) is 5.75 Å². The van der Waals surface area contributed by atoms with Gasteiger partial charge in [-0.1, -0.05) is 0 Å². The maximum atomic E-state index is 10.6. The van der Waals surface area contributed by atoms with Crippen LogP contribution in [0.5, 0.6) is 5.75 Å². The van der Waals surface area contributed by atoms with E-state index in [2.05, 4.69) is 0 Å². The van der Waals surface area contributed by atoms with Gasteiger partial charge in [0, 0.05) is 0 Å². The number of benzene rings is 1. The molecule has 0 spiro atoms. The molecule has 2 rings (SSSR count). The largest absolute Gasteiger partial charge is 0.537 e. The third-order valence-electron chi connectivity index (χ3n) is 1.99. The number of aryl methyl sites for hydroxylation is 1. The molecular formula is C9H7NO4. The van der Waals surface area contributed by atoms with Crippen molar-refractivity contribution >= 4 is 17.1 Å². The minimum atomic E-state index is -1.39. The lowest BCUT2D eigenvalue weighted by Gasteiger charge is -1.89. The summed E-state index contributed by atoms with van der Waals surface area (Å²) in [5.41, 5.74) is 0.897. The first kappa shape index (κ1) is 8.55. The first-order valence-electron chi connectivity index (χ1n) is 3.92. The number of aromatic carboxylic acids is 1. The maximum absolute atomic E-state index is 10.6. The van der Waals surface area contributed by atoms with Crippen LogP contribution in [0.4, 0.5) is 0 Å². The standard InChI is InChI=1S/C9H7NO4/c1-10-6-4-5(11)2-3-7(6)14-8(10)9(12)13/h2-4H,1H3,(H-,11,12,13). The van der Waals surface area contributed by atoms with Crippen LogP contribution in [0.15, 0.2) is 22.6 Å². The van der Waals surface area contributed by atoms with Crippen LogP contribution in [0.1, 0.15) is 10.7 Å². The smallest absolute Gasteiger partial charge is 0.397 e.